The Balaban J connectivity index is 1.68. The molecule has 0 saturated heterocycles. The third kappa shape index (κ3) is 5.52. The fourth-order valence-electron chi connectivity index (χ4n) is 4.26. The van der Waals surface area contributed by atoms with Crippen molar-refractivity contribution >= 4 is 29.4 Å². The average molecular weight is 495 g/mol. The summed E-state index contributed by atoms with van der Waals surface area (Å²) in [7, 11) is 0. The largest absolute Gasteiger partial charge is 0.480 e. The Morgan fingerprint density at radius 1 is 1.06 bits per heavy atom. The lowest BCUT2D eigenvalue weighted by Gasteiger charge is -2.38. The van der Waals surface area contributed by atoms with Crippen LogP contribution in [0, 0.1) is 12.7 Å². The molecule has 0 aromatic heterocycles. The van der Waals surface area contributed by atoms with Crippen molar-refractivity contribution < 1.29 is 23.9 Å². The van der Waals surface area contributed by atoms with Crippen LogP contribution in [0.3, 0.4) is 0 Å². The van der Waals surface area contributed by atoms with Gasteiger partial charge in [0.05, 0.1) is 5.02 Å². The molecular formula is C27H24ClFN2O4. The highest BCUT2D eigenvalue weighted by molar-refractivity contribution is 6.30. The van der Waals surface area contributed by atoms with Crippen molar-refractivity contribution in [3.63, 3.8) is 0 Å². The number of nitrogens with zero attached hydrogens (tertiary/aromatic N) is 2. The van der Waals surface area contributed by atoms with E-state index in [1.807, 2.05) is 43.3 Å². The van der Waals surface area contributed by atoms with Crippen molar-refractivity contribution in [1.29, 1.82) is 0 Å². The second kappa shape index (κ2) is 10.3. The summed E-state index contributed by atoms with van der Waals surface area (Å²) < 4.78 is 13.6. The van der Waals surface area contributed by atoms with Crippen molar-refractivity contribution in [2.75, 3.05) is 6.54 Å². The van der Waals surface area contributed by atoms with Gasteiger partial charge in [0.2, 0.25) is 5.91 Å². The molecule has 180 valence electrons. The SMILES string of the molecule is Cc1ccc(C(=O)N2Cc3ccccc3CC2C(=O)N(CC(=O)O)Cc2ccc(F)c(Cl)c2)cc1. The van der Waals surface area contributed by atoms with Crippen LogP contribution in [0.5, 0.6) is 0 Å². The van der Waals surface area contributed by atoms with E-state index in [1.165, 1.54) is 28.0 Å². The molecule has 3 aromatic rings. The van der Waals surface area contributed by atoms with Gasteiger partial charge in [-0.25, -0.2) is 4.39 Å². The predicted molar refractivity (Wildman–Crippen MR) is 129 cm³/mol. The second-order valence-corrected chi connectivity index (χ2v) is 9.03. The van der Waals surface area contributed by atoms with Crippen LogP contribution in [-0.4, -0.2) is 45.3 Å². The molecule has 3 aromatic carbocycles. The van der Waals surface area contributed by atoms with Crippen molar-refractivity contribution in [2.45, 2.75) is 32.5 Å². The number of benzene rings is 3. The van der Waals surface area contributed by atoms with E-state index in [0.29, 0.717) is 11.1 Å². The van der Waals surface area contributed by atoms with E-state index >= 15 is 0 Å². The highest BCUT2D eigenvalue weighted by Crippen LogP contribution is 2.27. The summed E-state index contributed by atoms with van der Waals surface area (Å²) in [5.74, 6) is -2.61. The van der Waals surface area contributed by atoms with E-state index in [1.54, 1.807) is 12.1 Å². The lowest BCUT2D eigenvalue weighted by atomic mass is 9.92. The van der Waals surface area contributed by atoms with Crippen LogP contribution in [0.25, 0.3) is 0 Å². The maximum absolute atomic E-state index is 13.8. The number of fused-ring (bicyclic) bond motifs is 1. The zero-order valence-electron chi connectivity index (χ0n) is 19.1. The van der Waals surface area contributed by atoms with E-state index in [0.717, 1.165) is 16.7 Å². The van der Waals surface area contributed by atoms with Gasteiger partial charge >= 0.3 is 5.97 Å². The van der Waals surface area contributed by atoms with Crippen LogP contribution in [0.4, 0.5) is 4.39 Å². The molecule has 1 N–H and O–H groups in total. The van der Waals surface area contributed by atoms with Crippen molar-refractivity contribution in [2.24, 2.45) is 0 Å². The summed E-state index contributed by atoms with van der Waals surface area (Å²) in [6.45, 7) is 1.49. The van der Waals surface area contributed by atoms with E-state index < -0.39 is 30.3 Å². The number of hydrogen-bond donors (Lipinski definition) is 1. The zero-order chi connectivity index (χ0) is 25.1. The van der Waals surface area contributed by atoms with Gasteiger partial charge in [0.25, 0.3) is 5.91 Å². The second-order valence-electron chi connectivity index (χ2n) is 8.62. The minimum atomic E-state index is -1.20. The van der Waals surface area contributed by atoms with E-state index in [-0.39, 0.29) is 30.4 Å². The van der Waals surface area contributed by atoms with Gasteiger partial charge in [-0.05, 0) is 47.9 Å². The number of hydrogen-bond acceptors (Lipinski definition) is 3. The maximum atomic E-state index is 13.8. The average Bonchev–Trinajstić information content (AvgIpc) is 2.84. The van der Waals surface area contributed by atoms with Crippen LogP contribution in [-0.2, 0) is 29.1 Å². The first-order valence-corrected chi connectivity index (χ1v) is 11.5. The highest BCUT2D eigenvalue weighted by atomic mass is 35.5. The van der Waals surface area contributed by atoms with E-state index in [2.05, 4.69) is 0 Å². The first-order chi connectivity index (χ1) is 16.7. The number of carboxylic acid groups (broad SMARTS) is 1. The molecular weight excluding hydrogens is 471 g/mol. The van der Waals surface area contributed by atoms with Gasteiger partial charge in [-0.2, -0.15) is 0 Å². The molecule has 0 saturated carbocycles. The predicted octanol–water partition coefficient (Wildman–Crippen LogP) is 4.47. The summed E-state index contributed by atoms with van der Waals surface area (Å²) in [5.41, 5.74) is 3.80. The molecule has 1 aliphatic rings. The summed E-state index contributed by atoms with van der Waals surface area (Å²) in [6, 6.07) is 17.8. The number of aryl methyl sites for hydroxylation is 1. The van der Waals surface area contributed by atoms with Gasteiger partial charge < -0.3 is 14.9 Å². The number of rotatable bonds is 6. The number of aliphatic carboxylic acids is 1. The monoisotopic (exact) mass is 494 g/mol. The molecule has 6 nitrogen and oxygen atoms in total. The zero-order valence-corrected chi connectivity index (χ0v) is 19.8. The maximum Gasteiger partial charge on any atom is 0.323 e. The van der Waals surface area contributed by atoms with Gasteiger partial charge in [-0.15, -0.1) is 0 Å². The van der Waals surface area contributed by atoms with E-state index in [9.17, 15) is 23.9 Å². The molecule has 0 bridgehead atoms. The van der Waals surface area contributed by atoms with Crippen molar-refractivity contribution in [3.8, 4) is 0 Å². The summed E-state index contributed by atoms with van der Waals surface area (Å²) in [6.07, 6.45) is 0.257. The normalized spacial score (nSPS) is 14.8. The molecule has 0 spiro atoms. The van der Waals surface area contributed by atoms with Crippen LogP contribution < -0.4 is 0 Å². The standard InChI is InChI=1S/C27H24ClFN2O4/c1-17-6-9-19(10-7-17)26(34)31-15-21-5-3-2-4-20(21)13-24(31)27(35)30(16-25(32)33)14-18-8-11-23(29)22(28)12-18/h2-12,24H,13-16H2,1H3,(H,32,33). The fourth-order valence-corrected chi connectivity index (χ4v) is 4.47. The molecule has 1 unspecified atom stereocenters. The molecule has 0 aliphatic carbocycles. The van der Waals surface area contributed by atoms with Gasteiger partial charge in [-0.1, -0.05) is 59.6 Å². The Morgan fingerprint density at radius 3 is 2.40 bits per heavy atom. The Morgan fingerprint density at radius 2 is 1.74 bits per heavy atom. The Bertz CT molecular complexity index is 1280. The fraction of sp³-hybridized carbons (Fsp3) is 0.222. The number of halogens is 2. The quantitative estimate of drug-likeness (QED) is 0.548. The van der Waals surface area contributed by atoms with Gasteiger partial charge in [0.15, 0.2) is 0 Å². The molecule has 2 amide bonds. The molecule has 1 heterocycles. The number of carbonyl (C=O) groups is 3. The van der Waals surface area contributed by atoms with Crippen LogP contribution in [0.2, 0.25) is 5.02 Å². The van der Waals surface area contributed by atoms with Gasteiger partial charge in [0, 0.05) is 25.1 Å². The first-order valence-electron chi connectivity index (χ1n) is 11.1. The summed E-state index contributed by atoms with van der Waals surface area (Å²) >= 11 is 5.88. The Hall–Kier alpha value is -3.71. The molecule has 0 radical (unpaired) electrons. The lowest BCUT2D eigenvalue weighted by Crippen LogP contribution is -2.54. The van der Waals surface area contributed by atoms with Crippen molar-refractivity contribution in [1.82, 2.24) is 9.80 Å². The molecule has 1 aliphatic heterocycles. The third-order valence-electron chi connectivity index (χ3n) is 6.09. The molecule has 1 atom stereocenters. The Kier molecular flexibility index (Phi) is 7.17. The van der Waals surface area contributed by atoms with Gasteiger partial charge in [0.1, 0.15) is 18.4 Å². The molecule has 35 heavy (non-hydrogen) atoms. The van der Waals surface area contributed by atoms with Crippen LogP contribution in [0.1, 0.15) is 32.6 Å². The number of carbonyl (C=O) groups excluding carboxylic acids is 2. The Labute approximate surface area is 207 Å². The first kappa shape index (κ1) is 24.4. The third-order valence-corrected chi connectivity index (χ3v) is 6.38. The van der Waals surface area contributed by atoms with Crippen LogP contribution >= 0.6 is 11.6 Å². The highest BCUT2D eigenvalue weighted by Gasteiger charge is 2.37. The molecule has 4 rings (SSSR count). The topological polar surface area (TPSA) is 77.9 Å². The molecule has 8 heteroatoms. The minimum Gasteiger partial charge on any atom is -0.480 e. The lowest BCUT2D eigenvalue weighted by molar-refractivity contribution is -0.147. The van der Waals surface area contributed by atoms with Crippen molar-refractivity contribution in [3.05, 3.63) is 105 Å². The van der Waals surface area contributed by atoms with Crippen LogP contribution in [0.15, 0.2) is 66.7 Å². The number of carboxylic acids is 1. The molecule has 0 fully saturated rings. The number of amides is 2. The smallest absolute Gasteiger partial charge is 0.323 e. The minimum absolute atomic E-state index is 0.0875. The summed E-state index contributed by atoms with van der Waals surface area (Å²) in [4.78, 5) is 41.5. The summed E-state index contributed by atoms with van der Waals surface area (Å²) in [5, 5.41) is 9.37. The van der Waals surface area contributed by atoms with Gasteiger partial charge in [-0.3, -0.25) is 14.4 Å². The van der Waals surface area contributed by atoms with E-state index in [4.69, 9.17) is 11.6 Å².